The molecule has 14 heavy (non-hydrogen) atoms. The lowest BCUT2D eigenvalue weighted by atomic mass is 10.2. The van der Waals surface area contributed by atoms with E-state index in [-0.39, 0.29) is 11.1 Å². The van der Waals surface area contributed by atoms with Crippen LogP contribution >= 0.6 is 0 Å². The SMILES string of the molecule is CCC(/C=C(\C#N)C(=O)O)[Si](C)(C)C. The van der Waals surface area contributed by atoms with Crippen molar-refractivity contribution >= 4 is 14.0 Å². The Balaban J connectivity index is 4.92. The Morgan fingerprint density at radius 2 is 2.07 bits per heavy atom. The topological polar surface area (TPSA) is 61.1 Å². The summed E-state index contributed by atoms with van der Waals surface area (Å²) in [5.74, 6) is -1.12. The van der Waals surface area contributed by atoms with E-state index < -0.39 is 14.0 Å². The Labute approximate surface area is 86.1 Å². The summed E-state index contributed by atoms with van der Waals surface area (Å²) in [7, 11) is -1.40. The van der Waals surface area contributed by atoms with Gasteiger partial charge < -0.3 is 5.11 Å². The largest absolute Gasteiger partial charge is 0.477 e. The van der Waals surface area contributed by atoms with Gasteiger partial charge in [-0.1, -0.05) is 39.1 Å². The van der Waals surface area contributed by atoms with Gasteiger partial charge in [-0.3, -0.25) is 0 Å². The van der Waals surface area contributed by atoms with Gasteiger partial charge in [0.05, 0.1) is 8.07 Å². The van der Waals surface area contributed by atoms with Gasteiger partial charge >= 0.3 is 5.97 Å². The van der Waals surface area contributed by atoms with Crippen molar-refractivity contribution in [3.63, 3.8) is 0 Å². The molecule has 0 saturated heterocycles. The molecule has 0 aliphatic rings. The van der Waals surface area contributed by atoms with Crippen LogP contribution in [-0.4, -0.2) is 19.1 Å². The molecule has 0 aromatic heterocycles. The first-order valence-corrected chi connectivity index (χ1v) is 8.25. The highest BCUT2D eigenvalue weighted by molar-refractivity contribution is 6.78. The van der Waals surface area contributed by atoms with E-state index in [1.165, 1.54) is 0 Å². The summed E-state index contributed by atoms with van der Waals surface area (Å²) < 4.78 is 0. The summed E-state index contributed by atoms with van der Waals surface area (Å²) in [6, 6.07) is 1.72. The maximum Gasteiger partial charge on any atom is 0.346 e. The van der Waals surface area contributed by atoms with Crippen molar-refractivity contribution in [2.75, 3.05) is 0 Å². The minimum Gasteiger partial charge on any atom is -0.477 e. The summed E-state index contributed by atoms with van der Waals surface area (Å²) >= 11 is 0. The lowest BCUT2D eigenvalue weighted by Gasteiger charge is -2.24. The van der Waals surface area contributed by atoms with Gasteiger partial charge in [0.25, 0.3) is 0 Å². The maximum atomic E-state index is 10.6. The van der Waals surface area contributed by atoms with Gasteiger partial charge in [0.1, 0.15) is 11.6 Å². The molecule has 1 N–H and O–H groups in total. The molecule has 0 saturated carbocycles. The molecule has 3 nitrogen and oxygen atoms in total. The third-order valence-electron chi connectivity index (χ3n) is 2.27. The number of nitriles is 1. The molecular weight excluding hydrogens is 194 g/mol. The molecule has 0 radical (unpaired) electrons. The van der Waals surface area contributed by atoms with E-state index in [1.54, 1.807) is 12.1 Å². The summed E-state index contributed by atoms with van der Waals surface area (Å²) in [5, 5.41) is 17.3. The van der Waals surface area contributed by atoms with Crippen molar-refractivity contribution in [1.82, 2.24) is 0 Å². The van der Waals surface area contributed by atoms with Crippen LogP contribution in [0.25, 0.3) is 0 Å². The molecule has 0 spiro atoms. The predicted molar refractivity (Wildman–Crippen MR) is 58.7 cm³/mol. The number of rotatable bonds is 4. The van der Waals surface area contributed by atoms with E-state index in [1.807, 2.05) is 6.92 Å². The normalized spacial score (nSPS) is 14.6. The van der Waals surface area contributed by atoms with E-state index in [0.29, 0.717) is 0 Å². The number of hydrogen-bond acceptors (Lipinski definition) is 2. The van der Waals surface area contributed by atoms with Gasteiger partial charge in [-0.15, -0.1) is 0 Å². The molecule has 1 unspecified atom stereocenters. The van der Waals surface area contributed by atoms with Crippen molar-refractivity contribution in [3.8, 4) is 6.07 Å². The van der Waals surface area contributed by atoms with Crippen LogP contribution < -0.4 is 0 Å². The van der Waals surface area contributed by atoms with E-state index in [2.05, 4.69) is 19.6 Å². The molecule has 78 valence electrons. The van der Waals surface area contributed by atoms with Crippen LogP contribution in [0, 0.1) is 11.3 Å². The molecule has 0 heterocycles. The van der Waals surface area contributed by atoms with Gasteiger partial charge in [-0.2, -0.15) is 5.26 Å². The van der Waals surface area contributed by atoms with Crippen LogP contribution in [-0.2, 0) is 4.79 Å². The standard InChI is InChI=1S/C10H17NO2Si/c1-5-9(14(2,3)4)6-8(7-11)10(12)13/h6,9H,5H2,1-4H3,(H,12,13)/b8-6+. The molecule has 0 bridgehead atoms. The minimum absolute atomic E-state index is 0.126. The highest BCUT2D eigenvalue weighted by atomic mass is 28.3. The second-order valence-electron chi connectivity index (χ2n) is 4.38. The van der Waals surface area contributed by atoms with Crippen molar-refractivity contribution < 1.29 is 9.90 Å². The number of carbonyl (C=O) groups is 1. The first-order chi connectivity index (χ1) is 6.32. The van der Waals surface area contributed by atoms with Gasteiger partial charge in [-0.25, -0.2) is 4.79 Å². The molecule has 0 rings (SSSR count). The highest BCUT2D eigenvalue weighted by Crippen LogP contribution is 2.27. The molecule has 0 amide bonds. The van der Waals surface area contributed by atoms with Crippen molar-refractivity contribution in [1.29, 1.82) is 5.26 Å². The summed E-state index contributed by atoms with van der Waals surface area (Å²) in [5.41, 5.74) is 0.132. The van der Waals surface area contributed by atoms with Crippen molar-refractivity contribution in [2.45, 2.75) is 38.5 Å². The zero-order valence-corrected chi connectivity index (χ0v) is 10.2. The van der Waals surface area contributed by atoms with Crippen LogP contribution in [0.1, 0.15) is 13.3 Å². The van der Waals surface area contributed by atoms with Crippen LogP contribution in [0.4, 0.5) is 0 Å². The first-order valence-electron chi connectivity index (χ1n) is 4.68. The molecule has 0 aromatic rings. The number of carboxylic acids is 1. The monoisotopic (exact) mass is 211 g/mol. The van der Waals surface area contributed by atoms with Gasteiger partial charge in [-0.05, 0) is 5.54 Å². The molecule has 4 heteroatoms. The fraction of sp³-hybridized carbons (Fsp3) is 0.600. The van der Waals surface area contributed by atoms with Crippen LogP contribution in [0.15, 0.2) is 11.6 Å². The lowest BCUT2D eigenvalue weighted by molar-refractivity contribution is -0.132. The molecule has 0 fully saturated rings. The third-order valence-corrected chi connectivity index (χ3v) is 5.07. The predicted octanol–water partition coefficient (Wildman–Crippen LogP) is 2.64. The highest BCUT2D eigenvalue weighted by Gasteiger charge is 2.24. The molecule has 1 atom stereocenters. The first kappa shape index (κ1) is 12.9. The molecular formula is C10H17NO2Si. The van der Waals surface area contributed by atoms with Gasteiger partial charge in [0.15, 0.2) is 0 Å². The fourth-order valence-corrected chi connectivity index (χ4v) is 3.23. The minimum atomic E-state index is -1.40. The number of allylic oxidation sites excluding steroid dienone is 1. The van der Waals surface area contributed by atoms with Crippen LogP contribution in [0.3, 0.4) is 0 Å². The summed E-state index contributed by atoms with van der Waals surface area (Å²) in [6.07, 6.45) is 2.52. The number of hydrogen-bond donors (Lipinski definition) is 1. The Kier molecular flexibility index (Phi) is 4.58. The van der Waals surface area contributed by atoms with E-state index in [4.69, 9.17) is 10.4 Å². The maximum absolute atomic E-state index is 10.6. The number of carboxylic acid groups (broad SMARTS) is 1. The Bertz CT molecular complexity index is 283. The van der Waals surface area contributed by atoms with Crippen molar-refractivity contribution in [2.24, 2.45) is 0 Å². The summed E-state index contributed by atoms with van der Waals surface area (Å²) in [6.45, 7) is 8.55. The van der Waals surface area contributed by atoms with Gasteiger partial charge in [0.2, 0.25) is 0 Å². The van der Waals surface area contributed by atoms with E-state index in [9.17, 15) is 4.79 Å². The van der Waals surface area contributed by atoms with Gasteiger partial charge in [0, 0.05) is 0 Å². The van der Waals surface area contributed by atoms with Crippen molar-refractivity contribution in [3.05, 3.63) is 11.6 Å². The number of aliphatic carboxylic acids is 1. The van der Waals surface area contributed by atoms with Crippen LogP contribution in [0.5, 0.6) is 0 Å². The zero-order chi connectivity index (χ0) is 11.4. The zero-order valence-electron chi connectivity index (χ0n) is 9.16. The smallest absolute Gasteiger partial charge is 0.346 e. The lowest BCUT2D eigenvalue weighted by Crippen LogP contribution is -2.27. The second-order valence-corrected chi connectivity index (χ2v) is 9.85. The number of nitrogens with zero attached hydrogens (tertiary/aromatic N) is 1. The Morgan fingerprint density at radius 1 is 1.57 bits per heavy atom. The average molecular weight is 211 g/mol. The Hall–Kier alpha value is -1.08. The Morgan fingerprint density at radius 3 is 2.29 bits per heavy atom. The fourth-order valence-electron chi connectivity index (χ4n) is 1.34. The van der Waals surface area contributed by atoms with E-state index >= 15 is 0 Å². The molecule has 0 aliphatic heterocycles. The van der Waals surface area contributed by atoms with Crippen LogP contribution in [0.2, 0.25) is 25.2 Å². The molecule has 0 aliphatic carbocycles. The third kappa shape index (κ3) is 3.75. The van der Waals surface area contributed by atoms with E-state index in [0.717, 1.165) is 6.42 Å². The second kappa shape index (κ2) is 4.96. The molecule has 0 aromatic carbocycles. The average Bonchev–Trinajstić information content (AvgIpc) is 2.03. The quantitative estimate of drug-likeness (QED) is 0.442. The summed E-state index contributed by atoms with van der Waals surface area (Å²) in [4.78, 5) is 10.6.